The van der Waals surface area contributed by atoms with E-state index in [4.69, 9.17) is 48.4 Å². The molecule has 0 amide bonds. The lowest BCUT2D eigenvalue weighted by Gasteiger charge is -2.22. The number of nitrogens with two attached hydrogens (primary N) is 1. The number of aliphatic imine (C=N–C) groups is 1. The van der Waals surface area contributed by atoms with Gasteiger partial charge >= 0.3 is 6.01 Å². The third-order valence-corrected chi connectivity index (χ3v) is 7.03. The molecule has 0 radical (unpaired) electrons. The number of fused-ring (bicyclic) bond motifs is 1. The minimum atomic E-state index is -0.561. The highest BCUT2D eigenvalue weighted by Crippen LogP contribution is 2.35. The topological polar surface area (TPSA) is 132 Å². The molecule has 212 valence electrons. The molecule has 12 heteroatoms. The van der Waals surface area contributed by atoms with Crippen LogP contribution >= 0.6 is 23.2 Å². The number of aromatic nitrogens is 4. The monoisotopic (exact) mass is 585 g/mol. The molecule has 2 aromatic heterocycles. The third-order valence-electron chi connectivity index (χ3n) is 6.39. The van der Waals surface area contributed by atoms with E-state index in [0.29, 0.717) is 71.5 Å². The van der Waals surface area contributed by atoms with Gasteiger partial charge in [-0.3, -0.25) is 4.99 Å². The first-order valence-corrected chi connectivity index (χ1v) is 13.8. The molecule has 40 heavy (non-hydrogen) atoms. The quantitative estimate of drug-likeness (QED) is 0.304. The predicted molar refractivity (Wildman–Crippen MR) is 157 cm³/mol. The van der Waals surface area contributed by atoms with Crippen molar-refractivity contribution >= 4 is 34.7 Å². The standard InChI is InChI=1S/C28H33Cl2N7O3/c1-5-7-18(38)15-40-19-8-9-21(29)20(10-19)26-35-24(25(32-4)22(30)11-31)16(3)27(36-26)37-13-17-12-33-28(39-6-2)34-23(17)14-37/h8-12,18,38H,5-7,13-15,31H2,1-4H3/t18-/m1/s1. The number of hydrogen-bond acceptors (Lipinski definition) is 10. The Balaban J connectivity index is 1.79. The van der Waals surface area contributed by atoms with E-state index in [1.54, 1.807) is 31.4 Å². The second-order valence-electron chi connectivity index (χ2n) is 9.24. The van der Waals surface area contributed by atoms with Gasteiger partial charge in [0.15, 0.2) is 5.82 Å². The van der Waals surface area contributed by atoms with E-state index in [2.05, 4.69) is 19.9 Å². The molecule has 0 spiro atoms. The minimum Gasteiger partial charge on any atom is -0.491 e. The van der Waals surface area contributed by atoms with Gasteiger partial charge < -0.3 is 25.2 Å². The van der Waals surface area contributed by atoms with E-state index in [-0.39, 0.29) is 11.6 Å². The van der Waals surface area contributed by atoms with E-state index < -0.39 is 6.10 Å². The molecule has 1 aliphatic rings. The molecule has 3 aromatic rings. The summed E-state index contributed by atoms with van der Waals surface area (Å²) in [6, 6.07) is 5.58. The fraction of sp³-hybridized carbons (Fsp3) is 0.393. The van der Waals surface area contributed by atoms with Crippen LogP contribution in [-0.4, -0.2) is 57.1 Å². The molecular formula is C28H33Cl2N7O3. The molecule has 1 atom stereocenters. The first-order valence-electron chi connectivity index (χ1n) is 13.1. The number of allylic oxidation sites excluding steroid dienone is 1. The summed E-state index contributed by atoms with van der Waals surface area (Å²) in [5, 5.41) is 10.8. The van der Waals surface area contributed by atoms with E-state index in [1.807, 2.05) is 20.8 Å². The van der Waals surface area contributed by atoms with E-state index >= 15 is 0 Å². The molecule has 0 bridgehead atoms. The lowest BCUT2D eigenvalue weighted by Crippen LogP contribution is -2.21. The van der Waals surface area contributed by atoms with Crippen molar-refractivity contribution < 1.29 is 14.6 Å². The number of rotatable bonds is 11. The van der Waals surface area contributed by atoms with Crippen LogP contribution in [0.4, 0.5) is 5.82 Å². The maximum absolute atomic E-state index is 10.1. The lowest BCUT2D eigenvalue weighted by molar-refractivity contribution is 0.0994. The highest BCUT2D eigenvalue weighted by molar-refractivity contribution is 6.46. The Morgan fingerprint density at radius 1 is 1.23 bits per heavy atom. The third kappa shape index (κ3) is 6.46. The van der Waals surface area contributed by atoms with Crippen LogP contribution in [0.2, 0.25) is 5.02 Å². The van der Waals surface area contributed by atoms with Crippen molar-refractivity contribution in [2.75, 3.05) is 25.2 Å². The van der Waals surface area contributed by atoms with Crippen molar-refractivity contribution in [2.24, 2.45) is 10.7 Å². The van der Waals surface area contributed by atoms with Gasteiger partial charge in [-0.2, -0.15) is 4.98 Å². The van der Waals surface area contributed by atoms with Gasteiger partial charge in [0, 0.05) is 42.7 Å². The minimum absolute atomic E-state index is 0.167. The zero-order valence-electron chi connectivity index (χ0n) is 23.0. The molecular weight excluding hydrogens is 553 g/mol. The van der Waals surface area contributed by atoms with E-state index in [0.717, 1.165) is 23.2 Å². The molecule has 0 saturated carbocycles. The number of hydrogen-bond donors (Lipinski definition) is 2. The lowest BCUT2D eigenvalue weighted by atomic mass is 10.1. The first-order chi connectivity index (χ1) is 19.3. The molecule has 1 aromatic carbocycles. The Bertz CT molecular complexity index is 1430. The second-order valence-corrected chi connectivity index (χ2v) is 10.1. The molecule has 0 fully saturated rings. The van der Waals surface area contributed by atoms with Gasteiger partial charge in [-0.1, -0.05) is 36.5 Å². The highest BCUT2D eigenvalue weighted by Gasteiger charge is 2.28. The van der Waals surface area contributed by atoms with Gasteiger partial charge in [0.1, 0.15) is 23.9 Å². The zero-order chi connectivity index (χ0) is 28.8. The Labute approximate surface area is 243 Å². The van der Waals surface area contributed by atoms with Gasteiger partial charge in [-0.15, -0.1) is 0 Å². The normalized spacial score (nSPS) is 14.3. The maximum Gasteiger partial charge on any atom is 0.316 e. The van der Waals surface area contributed by atoms with Gasteiger partial charge in [-0.25, -0.2) is 15.0 Å². The van der Waals surface area contributed by atoms with Crippen LogP contribution in [0.15, 0.2) is 40.6 Å². The van der Waals surface area contributed by atoms with Gasteiger partial charge in [0.2, 0.25) is 0 Å². The summed E-state index contributed by atoms with van der Waals surface area (Å²) in [5.74, 6) is 1.57. The fourth-order valence-corrected chi connectivity index (χ4v) is 4.80. The molecule has 0 aliphatic carbocycles. The smallest absolute Gasteiger partial charge is 0.316 e. The SMILES string of the molecule is CCC[C@@H](O)COc1ccc(Cl)c(-c2nc(C(=NC)C(Cl)=CN)c(C)c(N3Cc4cnc(OCC)nc4C3)n2)c1. The average molecular weight is 587 g/mol. The summed E-state index contributed by atoms with van der Waals surface area (Å²) in [6.45, 7) is 7.51. The largest absolute Gasteiger partial charge is 0.491 e. The Morgan fingerprint density at radius 2 is 2.02 bits per heavy atom. The highest BCUT2D eigenvalue weighted by atomic mass is 35.5. The maximum atomic E-state index is 10.1. The molecule has 3 N–H and O–H groups in total. The summed E-state index contributed by atoms with van der Waals surface area (Å²) in [5.41, 5.74) is 9.86. The Kier molecular flexibility index (Phi) is 9.78. The van der Waals surface area contributed by atoms with Crippen molar-refractivity contribution in [1.82, 2.24) is 19.9 Å². The number of benzene rings is 1. The van der Waals surface area contributed by atoms with Crippen LogP contribution in [0, 0.1) is 6.92 Å². The van der Waals surface area contributed by atoms with Crippen molar-refractivity contribution in [2.45, 2.75) is 52.8 Å². The Morgan fingerprint density at radius 3 is 2.73 bits per heavy atom. The van der Waals surface area contributed by atoms with Crippen LogP contribution in [0.25, 0.3) is 11.4 Å². The van der Waals surface area contributed by atoms with E-state index in [1.165, 1.54) is 6.20 Å². The summed E-state index contributed by atoms with van der Waals surface area (Å²) < 4.78 is 11.3. The number of aliphatic hydroxyl groups excluding tert-OH is 1. The van der Waals surface area contributed by atoms with Gasteiger partial charge in [0.05, 0.1) is 40.7 Å². The average Bonchev–Trinajstić information content (AvgIpc) is 3.37. The number of nitrogens with zero attached hydrogens (tertiary/aromatic N) is 6. The first kappa shape index (κ1) is 29.5. The predicted octanol–water partition coefficient (Wildman–Crippen LogP) is 4.81. The summed E-state index contributed by atoms with van der Waals surface area (Å²) >= 11 is 13.1. The number of anilines is 1. The molecule has 0 unspecified atom stereocenters. The number of aliphatic hydroxyl groups is 1. The van der Waals surface area contributed by atoms with Gasteiger partial charge in [0.25, 0.3) is 0 Å². The molecule has 10 nitrogen and oxygen atoms in total. The summed E-state index contributed by atoms with van der Waals surface area (Å²) in [6.07, 6.45) is 4.01. The summed E-state index contributed by atoms with van der Waals surface area (Å²) in [7, 11) is 1.63. The second kappa shape index (κ2) is 13.3. The van der Waals surface area contributed by atoms with Crippen LogP contribution in [0.3, 0.4) is 0 Å². The van der Waals surface area contributed by atoms with Crippen LogP contribution in [-0.2, 0) is 13.1 Å². The van der Waals surface area contributed by atoms with Crippen LogP contribution in [0.1, 0.15) is 49.2 Å². The van der Waals surface area contributed by atoms with Crippen molar-refractivity contribution in [3.8, 4) is 23.1 Å². The Hall–Kier alpha value is -3.47. The molecule has 4 rings (SSSR count). The zero-order valence-corrected chi connectivity index (χ0v) is 24.5. The molecule has 1 aliphatic heterocycles. The fourth-order valence-electron chi connectivity index (χ4n) is 4.43. The van der Waals surface area contributed by atoms with E-state index in [9.17, 15) is 5.11 Å². The summed E-state index contributed by atoms with van der Waals surface area (Å²) in [4.78, 5) is 25.1. The molecule has 3 heterocycles. The number of ether oxygens (including phenoxy) is 2. The number of halogens is 2. The van der Waals surface area contributed by atoms with Crippen LogP contribution in [0.5, 0.6) is 11.8 Å². The van der Waals surface area contributed by atoms with Crippen LogP contribution < -0.4 is 20.1 Å². The van der Waals surface area contributed by atoms with Crippen molar-refractivity contribution in [3.63, 3.8) is 0 Å². The molecule has 0 saturated heterocycles. The van der Waals surface area contributed by atoms with Gasteiger partial charge in [-0.05, 0) is 38.5 Å². The van der Waals surface area contributed by atoms with Crippen molar-refractivity contribution in [3.05, 3.63) is 63.2 Å². The van der Waals surface area contributed by atoms with Crippen molar-refractivity contribution in [1.29, 1.82) is 0 Å².